The average molecular weight is 499 g/mol. The first kappa shape index (κ1) is 24.6. The highest BCUT2D eigenvalue weighted by molar-refractivity contribution is 7.89. The van der Waals surface area contributed by atoms with Crippen LogP contribution < -0.4 is 10.9 Å². The zero-order valence-corrected chi connectivity index (χ0v) is 20.2. The normalized spacial score (nSPS) is 14.6. The van der Waals surface area contributed by atoms with Gasteiger partial charge in [0.1, 0.15) is 0 Å². The Morgan fingerprint density at radius 1 is 1.11 bits per heavy atom. The first-order chi connectivity index (χ1) is 16.6. The summed E-state index contributed by atoms with van der Waals surface area (Å²) < 4.78 is 32.8. The van der Waals surface area contributed by atoms with Crippen LogP contribution in [0.3, 0.4) is 0 Å². The molecule has 2 N–H and O–H groups in total. The average Bonchev–Trinajstić information content (AvgIpc) is 2.83. The zero-order chi connectivity index (χ0) is 25.2. The number of carbonyl (C=O) groups excluding carboxylic acids is 2. The summed E-state index contributed by atoms with van der Waals surface area (Å²) in [5, 5.41) is 3.08. The van der Waals surface area contributed by atoms with Crippen molar-refractivity contribution in [1.29, 1.82) is 0 Å². The molecule has 0 bridgehead atoms. The Morgan fingerprint density at radius 3 is 2.57 bits per heavy atom. The minimum Gasteiger partial charge on any atom is -0.379 e. The molecule has 1 aliphatic heterocycles. The molecule has 2 amide bonds. The number of ether oxygens (including phenoxy) is 1. The summed E-state index contributed by atoms with van der Waals surface area (Å²) in [5.41, 5.74) is 1.21. The minimum absolute atomic E-state index is 0.0299. The topological polar surface area (TPSA) is 129 Å². The van der Waals surface area contributed by atoms with Crippen LogP contribution in [0, 0.1) is 0 Å². The van der Waals surface area contributed by atoms with E-state index in [1.165, 1.54) is 29.4 Å². The van der Waals surface area contributed by atoms with Gasteiger partial charge in [-0.1, -0.05) is 12.1 Å². The third kappa shape index (κ3) is 5.42. The van der Waals surface area contributed by atoms with Crippen LogP contribution in [0.1, 0.15) is 22.8 Å². The van der Waals surface area contributed by atoms with Crippen molar-refractivity contribution >= 4 is 38.4 Å². The van der Waals surface area contributed by atoms with Gasteiger partial charge in [0, 0.05) is 56.3 Å². The van der Waals surface area contributed by atoms with Crippen molar-refractivity contribution in [2.24, 2.45) is 0 Å². The molecule has 1 fully saturated rings. The second-order valence-corrected chi connectivity index (χ2v) is 10.2. The van der Waals surface area contributed by atoms with E-state index in [0.29, 0.717) is 36.3 Å². The lowest BCUT2D eigenvalue weighted by molar-refractivity contribution is -0.128. The fraction of sp³-hybridized carbons (Fsp3) is 0.292. The molecule has 2 heterocycles. The maximum Gasteiger partial charge on any atom is 0.256 e. The van der Waals surface area contributed by atoms with E-state index in [2.05, 4.69) is 10.3 Å². The number of morpholine rings is 1. The predicted octanol–water partition coefficient (Wildman–Crippen LogP) is 1.78. The van der Waals surface area contributed by atoms with Crippen LogP contribution in [0.25, 0.3) is 10.9 Å². The molecular formula is C24H26N4O6S. The van der Waals surface area contributed by atoms with Crippen LogP contribution in [0.4, 0.5) is 5.69 Å². The number of aromatic nitrogens is 1. The van der Waals surface area contributed by atoms with Crippen molar-refractivity contribution in [3.63, 3.8) is 0 Å². The molecule has 1 aromatic heterocycles. The van der Waals surface area contributed by atoms with E-state index in [9.17, 15) is 22.8 Å². The van der Waals surface area contributed by atoms with Gasteiger partial charge in [-0.25, -0.2) is 8.42 Å². The molecule has 4 rings (SSSR count). The number of anilines is 1. The number of pyridine rings is 1. The van der Waals surface area contributed by atoms with E-state index >= 15 is 0 Å². The third-order valence-electron chi connectivity index (χ3n) is 5.81. The quantitative estimate of drug-likeness (QED) is 0.533. The van der Waals surface area contributed by atoms with Crippen LogP contribution in [-0.2, 0) is 26.1 Å². The lowest BCUT2D eigenvalue weighted by Gasteiger charge is -2.26. The molecule has 35 heavy (non-hydrogen) atoms. The van der Waals surface area contributed by atoms with Crippen molar-refractivity contribution in [2.75, 3.05) is 38.7 Å². The van der Waals surface area contributed by atoms with Gasteiger partial charge in [-0.2, -0.15) is 4.31 Å². The SMILES string of the molecule is CC(=O)N(C)Cc1cccc(NC(=O)c2cc(=O)[nH]c3ccc(S(=O)(=O)N4CCOCC4)cc23)c1. The summed E-state index contributed by atoms with van der Waals surface area (Å²) in [4.78, 5) is 41.1. The van der Waals surface area contributed by atoms with Crippen LogP contribution in [0.15, 0.2) is 58.2 Å². The summed E-state index contributed by atoms with van der Waals surface area (Å²) in [6.07, 6.45) is 0. The number of fused-ring (bicyclic) bond motifs is 1. The smallest absolute Gasteiger partial charge is 0.256 e. The molecule has 2 aromatic carbocycles. The van der Waals surface area contributed by atoms with Gasteiger partial charge in [-0.05, 0) is 35.9 Å². The van der Waals surface area contributed by atoms with Crippen molar-refractivity contribution in [2.45, 2.75) is 18.4 Å². The van der Waals surface area contributed by atoms with Gasteiger partial charge in [0.15, 0.2) is 0 Å². The van der Waals surface area contributed by atoms with Crippen LogP contribution in [-0.4, -0.2) is 67.8 Å². The van der Waals surface area contributed by atoms with E-state index in [1.807, 2.05) is 6.07 Å². The highest BCUT2D eigenvalue weighted by Crippen LogP contribution is 2.24. The number of benzene rings is 2. The van der Waals surface area contributed by atoms with Crippen molar-refractivity contribution in [3.05, 3.63) is 70.0 Å². The highest BCUT2D eigenvalue weighted by Gasteiger charge is 2.27. The maximum absolute atomic E-state index is 13.2. The van der Waals surface area contributed by atoms with Gasteiger partial charge in [0.2, 0.25) is 21.5 Å². The number of carbonyl (C=O) groups is 2. The number of nitrogens with one attached hydrogen (secondary N) is 2. The number of hydrogen-bond acceptors (Lipinski definition) is 6. The lowest BCUT2D eigenvalue weighted by Crippen LogP contribution is -2.40. The van der Waals surface area contributed by atoms with E-state index in [4.69, 9.17) is 4.74 Å². The van der Waals surface area contributed by atoms with Crippen molar-refractivity contribution < 1.29 is 22.7 Å². The maximum atomic E-state index is 13.2. The van der Waals surface area contributed by atoms with E-state index in [1.54, 1.807) is 30.1 Å². The fourth-order valence-corrected chi connectivity index (χ4v) is 5.28. The summed E-state index contributed by atoms with van der Waals surface area (Å²) in [6, 6.07) is 12.5. The zero-order valence-electron chi connectivity index (χ0n) is 19.4. The number of aromatic amines is 1. The molecule has 11 heteroatoms. The number of H-pyrrole nitrogens is 1. The predicted molar refractivity (Wildman–Crippen MR) is 131 cm³/mol. The van der Waals surface area contributed by atoms with Crippen molar-refractivity contribution in [3.8, 4) is 0 Å². The second kappa shape index (κ2) is 9.98. The molecule has 1 saturated heterocycles. The Labute approximate surface area is 202 Å². The monoisotopic (exact) mass is 498 g/mol. The molecule has 3 aromatic rings. The third-order valence-corrected chi connectivity index (χ3v) is 7.70. The van der Waals surface area contributed by atoms with Gasteiger partial charge in [0.05, 0.1) is 23.7 Å². The molecule has 184 valence electrons. The van der Waals surface area contributed by atoms with E-state index in [0.717, 1.165) is 11.6 Å². The molecule has 0 unspecified atom stereocenters. The highest BCUT2D eigenvalue weighted by atomic mass is 32.2. The Morgan fingerprint density at radius 2 is 1.86 bits per heavy atom. The molecular weight excluding hydrogens is 472 g/mol. The minimum atomic E-state index is -3.79. The van der Waals surface area contributed by atoms with Crippen LogP contribution in [0.5, 0.6) is 0 Å². The number of sulfonamides is 1. The first-order valence-electron chi connectivity index (χ1n) is 11.0. The van der Waals surface area contributed by atoms with Gasteiger partial charge < -0.3 is 19.9 Å². The summed E-state index contributed by atoms with van der Waals surface area (Å²) in [6.45, 7) is 2.96. The summed E-state index contributed by atoms with van der Waals surface area (Å²) in [5.74, 6) is -0.642. The molecule has 0 radical (unpaired) electrons. The van der Waals surface area contributed by atoms with Crippen molar-refractivity contribution in [1.82, 2.24) is 14.2 Å². The molecule has 0 aliphatic carbocycles. The second-order valence-electron chi connectivity index (χ2n) is 8.30. The molecule has 0 spiro atoms. The van der Waals surface area contributed by atoms with Gasteiger partial charge >= 0.3 is 0 Å². The van der Waals surface area contributed by atoms with Gasteiger partial charge in [-0.15, -0.1) is 0 Å². The summed E-state index contributed by atoms with van der Waals surface area (Å²) >= 11 is 0. The summed E-state index contributed by atoms with van der Waals surface area (Å²) in [7, 11) is -2.11. The number of nitrogens with zero attached hydrogens (tertiary/aromatic N) is 2. The Kier molecular flexibility index (Phi) is 7.01. The largest absolute Gasteiger partial charge is 0.379 e. The lowest BCUT2D eigenvalue weighted by atomic mass is 10.1. The standard InChI is InChI=1S/C24H26N4O6S/c1-16(29)27(2)15-17-4-3-5-18(12-17)25-24(31)21-14-23(30)26-22-7-6-19(13-20(21)22)35(32,33)28-8-10-34-11-9-28/h3-7,12-14H,8-11,15H2,1-2H3,(H,25,31)(H,26,30). The number of hydrogen-bond donors (Lipinski definition) is 2. The molecule has 0 saturated carbocycles. The number of amides is 2. The van der Waals surface area contributed by atoms with Gasteiger partial charge in [0.25, 0.3) is 5.91 Å². The molecule has 10 nitrogen and oxygen atoms in total. The Balaban J connectivity index is 1.67. The fourth-order valence-electron chi connectivity index (χ4n) is 3.85. The van der Waals surface area contributed by atoms with E-state index < -0.39 is 21.5 Å². The number of rotatable bonds is 6. The Bertz CT molecular complexity index is 1440. The van der Waals surface area contributed by atoms with Gasteiger partial charge in [-0.3, -0.25) is 14.4 Å². The van der Waals surface area contributed by atoms with Crippen LogP contribution in [0.2, 0.25) is 0 Å². The van der Waals surface area contributed by atoms with E-state index in [-0.39, 0.29) is 29.5 Å². The van der Waals surface area contributed by atoms with Crippen LogP contribution >= 0.6 is 0 Å². The molecule has 0 atom stereocenters. The molecule has 1 aliphatic rings. The Hall–Kier alpha value is -3.54. The first-order valence-corrected chi connectivity index (χ1v) is 12.5.